The first-order valence-corrected chi connectivity index (χ1v) is 14.3. The van der Waals surface area contributed by atoms with Crippen molar-refractivity contribution in [3.8, 4) is 0 Å². The molecule has 2 aromatic rings. The van der Waals surface area contributed by atoms with Gasteiger partial charge in [-0.2, -0.15) is 5.10 Å². The van der Waals surface area contributed by atoms with E-state index < -0.39 is 41.4 Å². The fourth-order valence-corrected chi connectivity index (χ4v) is 5.38. The monoisotopic (exact) mass is 567 g/mol. The van der Waals surface area contributed by atoms with Crippen molar-refractivity contribution in [1.82, 2.24) is 24.9 Å². The number of benzene rings is 1. The van der Waals surface area contributed by atoms with Crippen molar-refractivity contribution in [3.63, 3.8) is 0 Å². The molecule has 0 spiro atoms. The molecule has 224 valence electrons. The zero-order valence-electron chi connectivity index (χ0n) is 25.6. The van der Waals surface area contributed by atoms with Gasteiger partial charge >= 0.3 is 6.09 Å². The SMILES string of the molecule is CCCC[C@@H](C(=O)C(=O)NC(C)c1ccccc1)N(C(=O)O)C1CC(C)(C)CN1C(=O)c1cc(C(C)(C)C)nn1C. The highest BCUT2D eigenvalue weighted by Gasteiger charge is 2.49. The molecule has 1 aromatic carbocycles. The molecule has 10 heteroatoms. The number of Topliss-reactive ketones (excluding diaryl/α,β-unsaturated/α-hetero) is 1. The Morgan fingerprint density at radius 1 is 1.17 bits per heavy atom. The summed E-state index contributed by atoms with van der Waals surface area (Å²) in [6.07, 6.45) is -0.511. The van der Waals surface area contributed by atoms with Crippen LogP contribution in [0.4, 0.5) is 4.79 Å². The van der Waals surface area contributed by atoms with E-state index in [0.717, 1.165) is 16.2 Å². The van der Waals surface area contributed by atoms with E-state index >= 15 is 0 Å². The number of amides is 3. The van der Waals surface area contributed by atoms with Gasteiger partial charge in [0.2, 0.25) is 5.78 Å². The second kappa shape index (κ2) is 12.4. The Morgan fingerprint density at radius 2 is 1.80 bits per heavy atom. The Labute approximate surface area is 243 Å². The van der Waals surface area contributed by atoms with Crippen LogP contribution in [0.15, 0.2) is 36.4 Å². The van der Waals surface area contributed by atoms with E-state index in [-0.39, 0.29) is 17.7 Å². The molecule has 2 unspecified atom stereocenters. The van der Waals surface area contributed by atoms with Gasteiger partial charge in [-0.25, -0.2) is 4.79 Å². The van der Waals surface area contributed by atoms with Crippen molar-refractivity contribution in [2.75, 3.05) is 6.54 Å². The molecule has 10 nitrogen and oxygen atoms in total. The fourth-order valence-electron chi connectivity index (χ4n) is 5.38. The van der Waals surface area contributed by atoms with Gasteiger partial charge in [-0.15, -0.1) is 0 Å². The van der Waals surface area contributed by atoms with Crippen LogP contribution in [0.1, 0.15) is 102 Å². The van der Waals surface area contributed by atoms with E-state index in [1.54, 1.807) is 20.0 Å². The number of aromatic nitrogens is 2. The van der Waals surface area contributed by atoms with E-state index in [2.05, 4.69) is 10.4 Å². The molecule has 3 amide bonds. The van der Waals surface area contributed by atoms with Gasteiger partial charge in [0.05, 0.1) is 11.7 Å². The Balaban J connectivity index is 1.97. The number of rotatable bonds is 10. The molecule has 0 saturated carbocycles. The van der Waals surface area contributed by atoms with Crippen LogP contribution in [0.25, 0.3) is 0 Å². The third-order valence-corrected chi connectivity index (χ3v) is 7.70. The van der Waals surface area contributed by atoms with Crippen molar-refractivity contribution >= 4 is 23.7 Å². The quantitative estimate of drug-likeness (QED) is 0.394. The van der Waals surface area contributed by atoms with Crippen molar-refractivity contribution < 1.29 is 24.3 Å². The van der Waals surface area contributed by atoms with Gasteiger partial charge in [0.15, 0.2) is 0 Å². The van der Waals surface area contributed by atoms with Crippen LogP contribution < -0.4 is 5.32 Å². The lowest BCUT2D eigenvalue weighted by atomic mass is 9.91. The predicted octanol–water partition coefficient (Wildman–Crippen LogP) is 4.90. The minimum Gasteiger partial charge on any atom is -0.465 e. The van der Waals surface area contributed by atoms with Gasteiger partial charge < -0.3 is 15.3 Å². The molecule has 1 aliphatic rings. The van der Waals surface area contributed by atoms with E-state index in [1.165, 1.54) is 9.58 Å². The number of hydrogen-bond donors (Lipinski definition) is 2. The Kier molecular flexibility index (Phi) is 9.66. The maximum atomic E-state index is 14.0. The summed E-state index contributed by atoms with van der Waals surface area (Å²) in [4.78, 5) is 56.3. The topological polar surface area (TPSA) is 125 Å². The van der Waals surface area contributed by atoms with E-state index in [0.29, 0.717) is 31.5 Å². The second-order valence-corrected chi connectivity index (χ2v) is 12.9. The van der Waals surface area contributed by atoms with Crippen LogP contribution >= 0.6 is 0 Å². The molecule has 1 aliphatic heterocycles. The number of nitrogens with zero attached hydrogens (tertiary/aromatic N) is 4. The van der Waals surface area contributed by atoms with Gasteiger partial charge in [-0.3, -0.25) is 24.0 Å². The van der Waals surface area contributed by atoms with Gasteiger partial charge in [-0.1, -0.05) is 84.7 Å². The third kappa shape index (κ3) is 7.34. The smallest absolute Gasteiger partial charge is 0.409 e. The molecule has 0 radical (unpaired) electrons. The maximum absolute atomic E-state index is 14.0. The fraction of sp³-hybridized carbons (Fsp3) is 0.581. The number of carboxylic acid groups (broad SMARTS) is 1. The van der Waals surface area contributed by atoms with Gasteiger partial charge in [0, 0.05) is 19.0 Å². The van der Waals surface area contributed by atoms with Gasteiger partial charge in [0.1, 0.15) is 17.9 Å². The molecular formula is C31H45N5O5. The summed E-state index contributed by atoms with van der Waals surface area (Å²) in [5, 5.41) is 17.8. The van der Waals surface area contributed by atoms with Crippen LogP contribution in [-0.4, -0.2) is 67.1 Å². The summed E-state index contributed by atoms with van der Waals surface area (Å²) in [7, 11) is 1.69. The number of likely N-dealkylation sites (tertiary alicyclic amines) is 1. The summed E-state index contributed by atoms with van der Waals surface area (Å²) in [6.45, 7) is 14.0. The highest BCUT2D eigenvalue weighted by Crippen LogP contribution is 2.38. The van der Waals surface area contributed by atoms with Gasteiger partial charge in [0.25, 0.3) is 11.8 Å². The second-order valence-electron chi connectivity index (χ2n) is 12.9. The number of unbranched alkanes of at least 4 members (excludes halogenated alkanes) is 1. The molecular weight excluding hydrogens is 522 g/mol. The third-order valence-electron chi connectivity index (χ3n) is 7.70. The summed E-state index contributed by atoms with van der Waals surface area (Å²) in [6, 6.07) is 9.31. The Hall–Kier alpha value is -3.69. The first kappa shape index (κ1) is 31.8. The molecule has 2 heterocycles. The normalized spacial score (nSPS) is 18.0. The number of carbonyl (C=O) groups is 4. The molecule has 2 N–H and O–H groups in total. The minimum absolute atomic E-state index is 0.174. The molecule has 1 aromatic heterocycles. The molecule has 3 rings (SSSR count). The van der Waals surface area contributed by atoms with Crippen LogP contribution in [0.2, 0.25) is 0 Å². The highest BCUT2D eigenvalue weighted by atomic mass is 16.4. The standard InChI is InChI=1S/C31H45N5O5/c1-9-10-16-22(26(37)27(38)32-20(2)21-14-12-11-13-15-21)36(29(40)41)25-18-31(6,7)19-35(25)28(39)23-17-24(30(3,4)5)33-34(23)8/h11-15,17,20,22,25H,9-10,16,18-19H2,1-8H3,(H,32,38)(H,40,41)/t20?,22-,25?/m0/s1. The van der Waals surface area contributed by atoms with Crippen LogP contribution in [0.5, 0.6) is 0 Å². The van der Waals surface area contributed by atoms with Crippen molar-refractivity contribution in [3.05, 3.63) is 53.3 Å². The van der Waals surface area contributed by atoms with Crippen LogP contribution in [0.3, 0.4) is 0 Å². The number of nitrogens with one attached hydrogen (secondary N) is 1. The van der Waals surface area contributed by atoms with Gasteiger partial charge in [-0.05, 0) is 36.8 Å². The number of carbonyl (C=O) groups excluding carboxylic acids is 3. The van der Waals surface area contributed by atoms with Crippen molar-refractivity contribution in [2.45, 2.75) is 97.8 Å². The number of ketones is 1. The van der Waals surface area contributed by atoms with E-state index in [1.807, 2.05) is 71.9 Å². The Morgan fingerprint density at radius 3 is 2.34 bits per heavy atom. The van der Waals surface area contributed by atoms with Crippen molar-refractivity contribution in [2.24, 2.45) is 12.5 Å². The molecule has 41 heavy (non-hydrogen) atoms. The summed E-state index contributed by atoms with van der Waals surface area (Å²) < 4.78 is 1.52. The first-order chi connectivity index (χ1) is 19.1. The molecule has 0 bridgehead atoms. The van der Waals surface area contributed by atoms with Crippen LogP contribution in [0, 0.1) is 5.41 Å². The lowest BCUT2D eigenvalue weighted by Gasteiger charge is -2.37. The average Bonchev–Trinajstić information content (AvgIpc) is 3.44. The van der Waals surface area contributed by atoms with E-state index in [9.17, 15) is 24.3 Å². The molecule has 1 saturated heterocycles. The zero-order valence-corrected chi connectivity index (χ0v) is 25.6. The first-order valence-electron chi connectivity index (χ1n) is 14.3. The maximum Gasteiger partial charge on any atom is 0.409 e. The lowest BCUT2D eigenvalue weighted by Crippen LogP contribution is -2.58. The van der Waals surface area contributed by atoms with E-state index in [4.69, 9.17) is 0 Å². The predicted molar refractivity (Wildman–Crippen MR) is 156 cm³/mol. The summed E-state index contributed by atoms with van der Waals surface area (Å²) in [5.74, 6) is -2.03. The largest absolute Gasteiger partial charge is 0.465 e. The Bertz CT molecular complexity index is 1260. The summed E-state index contributed by atoms with van der Waals surface area (Å²) in [5.41, 5.74) is 1.22. The zero-order chi connectivity index (χ0) is 30.7. The molecule has 1 fully saturated rings. The number of aryl methyl sites for hydroxylation is 1. The molecule has 3 atom stereocenters. The summed E-state index contributed by atoms with van der Waals surface area (Å²) >= 11 is 0. The highest BCUT2D eigenvalue weighted by molar-refractivity contribution is 6.38. The lowest BCUT2D eigenvalue weighted by molar-refractivity contribution is -0.142. The molecule has 0 aliphatic carbocycles. The van der Waals surface area contributed by atoms with Crippen molar-refractivity contribution in [1.29, 1.82) is 0 Å². The average molecular weight is 568 g/mol. The van der Waals surface area contributed by atoms with Crippen LogP contribution in [-0.2, 0) is 22.1 Å². The minimum atomic E-state index is -1.34. The number of hydrogen-bond acceptors (Lipinski definition) is 5.